The Kier molecular flexibility index (Phi) is 5.26. The van der Waals surface area contributed by atoms with Gasteiger partial charge in [-0.2, -0.15) is 0 Å². The second-order valence-corrected chi connectivity index (χ2v) is 4.68. The maximum Gasteiger partial charge on any atom is 0.122 e. The van der Waals surface area contributed by atoms with E-state index in [9.17, 15) is 8.78 Å². The van der Waals surface area contributed by atoms with Crippen molar-refractivity contribution in [3.63, 3.8) is 0 Å². The fourth-order valence-electron chi connectivity index (χ4n) is 1.68. The summed E-state index contributed by atoms with van der Waals surface area (Å²) in [5, 5.41) is 0. The van der Waals surface area contributed by atoms with Gasteiger partial charge in [0.2, 0.25) is 0 Å². The minimum atomic E-state index is -0.283. The van der Waals surface area contributed by atoms with Gasteiger partial charge < -0.3 is 0 Å². The van der Waals surface area contributed by atoms with E-state index in [1.54, 1.807) is 19.9 Å². The zero-order valence-corrected chi connectivity index (χ0v) is 11.5. The molecule has 1 aliphatic rings. The van der Waals surface area contributed by atoms with Gasteiger partial charge in [0.05, 0.1) is 0 Å². The van der Waals surface area contributed by atoms with Gasteiger partial charge in [0.25, 0.3) is 0 Å². The van der Waals surface area contributed by atoms with E-state index in [4.69, 9.17) is 0 Å². The first kappa shape index (κ1) is 14.6. The minimum absolute atomic E-state index is 0.197. The summed E-state index contributed by atoms with van der Waals surface area (Å²) in [7, 11) is 0. The van der Waals surface area contributed by atoms with Crippen LogP contribution < -0.4 is 0 Å². The van der Waals surface area contributed by atoms with Crippen molar-refractivity contribution in [3.05, 3.63) is 58.3 Å². The van der Waals surface area contributed by atoms with Crippen molar-refractivity contribution in [2.24, 2.45) is 0 Å². The molecule has 0 fully saturated rings. The normalized spacial score (nSPS) is 16.6. The fraction of sp³-hybridized carbons (Fsp3) is 0.375. The topological polar surface area (TPSA) is 0 Å². The summed E-state index contributed by atoms with van der Waals surface area (Å²) < 4.78 is 27.6. The summed E-state index contributed by atoms with van der Waals surface area (Å²) in [5.74, 6) is -0.479. The quantitative estimate of drug-likeness (QED) is 0.562. The van der Waals surface area contributed by atoms with Crippen LogP contribution in [0.5, 0.6) is 0 Å². The van der Waals surface area contributed by atoms with Crippen molar-refractivity contribution in [2.75, 3.05) is 0 Å². The molecule has 0 nitrogen and oxygen atoms in total. The van der Waals surface area contributed by atoms with E-state index in [0.717, 1.165) is 5.57 Å². The van der Waals surface area contributed by atoms with Crippen LogP contribution in [0.4, 0.5) is 8.78 Å². The summed E-state index contributed by atoms with van der Waals surface area (Å²) >= 11 is 0. The molecule has 0 aromatic heterocycles. The summed E-state index contributed by atoms with van der Waals surface area (Å²) in [6, 6.07) is 0. The van der Waals surface area contributed by atoms with Gasteiger partial charge in [-0.3, -0.25) is 0 Å². The standard InChI is InChI=1S/C16H20F2/c1-5-13(10-16(18)11(2)3)14-8-6-12(4)7-9-15(14)17/h6-8,10H,5,9H2,1-4H3/b13-10+. The highest BCUT2D eigenvalue weighted by molar-refractivity contribution is 5.48. The lowest BCUT2D eigenvalue weighted by molar-refractivity contribution is 0.609. The first-order valence-corrected chi connectivity index (χ1v) is 6.23. The minimum Gasteiger partial charge on any atom is -0.211 e. The highest BCUT2D eigenvalue weighted by Gasteiger charge is 2.10. The van der Waals surface area contributed by atoms with E-state index in [1.165, 1.54) is 6.08 Å². The van der Waals surface area contributed by atoms with Gasteiger partial charge >= 0.3 is 0 Å². The van der Waals surface area contributed by atoms with Crippen LogP contribution >= 0.6 is 0 Å². The Morgan fingerprint density at radius 2 is 2.00 bits per heavy atom. The molecule has 0 aromatic carbocycles. The van der Waals surface area contributed by atoms with Gasteiger partial charge in [0.15, 0.2) is 0 Å². The van der Waals surface area contributed by atoms with Crippen molar-refractivity contribution in [3.8, 4) is 0 Å². The van der Waals surface area contributed by atoms with Crippen molar-refractivity contribution in [2.45, 2.75) is 40.5 Å². The molecule has 0 aliphatic heterocycles. The van der Waals surface area contributed by atoms with Crippen molar-refractivity contribution < 1.29 is 8.78 Å². The number of hydrogen-bond donors (Lipinski definition) is 0. The lowest BCUT2D eigenvalue weighted by atomic mass is 10.0. The van der Waals surface area contributed by atoms with Crippen LogP contribution in [0.3, 0.4) is 0 Å². The maximum absolute atomic E-state index is 14.0. The van der Waals surface area contributed by atoms with Gasteiger partial charge in [-0.1, -0.05) is 30.7 Å². The molecule has 0 saturated heterocycles. The third-order valence-electron chi connectivity index (χ3n) is 2.91. The molecule has 98 valence electrons. The SMILES string of the molecule is CC/C(=C\C(F)=C(C)C)C1=C(F)CC=C(C)C=C1. The summed E-state index contributed by atoms with van der Waals surface area (Å²) in [5.41, 5.74) is 2.85. The predicted molar refractivity (Wildman–Crippen MR) is 73.5 cm³/mol. The molecule has 0 radical (unpaired) electrons. The summed E-state index contributed by atoms with van der Waals surface area (Å²) in [4.78, 5) is 0. The largest absolute Gasteiger partial charge is 0.211 e. The number of allylic oxidation sites excluding steroid dienone is 10. The molecular weight excluding hydrogens is 230 g/mol. The summed E-state index contributed by atoms with van der Waals surface area (Å²) in [6.45, 7) is 7.25. The molecule has 0 atom stereocenters. The number of rotatable bonds is 3. The molecule has 0 aromatic rings. The molecule has 18 heavy (non-hydrogen) atoms. The Morgan fingerprint density at radius 3 is 2.56 bits per heavy atom. The van der Waals surface area contributed by atoms with Gasteiger partial charge in [0.1, 0.15) is 11.7 Å². The lowest BCUT2D eigenvalue weighted by Crippen LogP contribution is -1.90. The van der Waals surface area contributed by atoms with E-state index in [1.807, 2.05) is 26.0 Å². The summed E-state index contributed by atoms with van der Waals surface area (Å²) in [6.07, 6.45) is 7.76. The second-order valence-electron chi connectivity index (χ2n) is 4.68. The fourth-order valence-corrected chi connectivity index (χ4v) is 1.68. The Balaban J connectivity index is 3.18. The predicted octanol–water partition coefficient (Wildman–Crippen LogP) is 5.72. The van der Waals surface area contributed by atoms with E-state index >= 15 is 0 Å². The molecule has 0 spiro atoms. The highest BCUT2D eigenvalue weighted by atomic mass is 19.1. The van der Waals surface area contributed by atoms with Gasteiger partial charge in [0, 0.05) is 12.0 Å². The molecule has 0 saturated carbocycles. The molecule has 0 amide bonds. The Morgan fingerprint density at radius 1 is 1.33 bits per heavy atom. The highest BCUT2D eigenvalue weighted by Crippen LogP contribution is 2.28. The monoisotopic (exact) mass is 250 g/mol. The Bertz CT molecular complexity index is 467. The maximum atomic E-state index is 14.0. The number of halogens is 2. The molecular formula is C16H20F2. The van der Waals surface area contributed by atoms with Crippen LogP contribution in [0.15, 0.2) is 58.3 Å². The Labute approximate surface area is 108 Å². The number of hydrogen-bond acceptors (Lipinski definition) is 0. The van der Waals surface area contributed by atoms with E-state index in [-0.39, 0.29) is 18.1 Å². The third-order valence-corrected chi connectivity index (χ3v) is 2.91. The van der Waals surface area contributed by atoms with Crippen LogP contribution in [0.2, 0.25) is 0 Å². The van der Waals surface area contributed by atoms with Crippen LogP contribution in [0, 0.1) is 0 Å². The van der Waals surface area contributed by atoms with Crippen LogP contribution in [-0.2, 0) is 0 Å². The molecule has 0 heterocycles. The molecule has 1 rings (SSSR count). The molecule has 0 N–H and O–H groups in total. The Hall–Kier alpha value is -1.44. The molecule has 0 bridgehead atoms. The zero-order valence-electron chi connectivity index (χ0n) is 11.5. The lowest BCUT2D eigenvalue weighted by Gasteiger charge is -2.07. The second kappa shape index (κ2) is 6.48. The smallest absolute Gasteiger partial charge is 0.122 e. The van der Waals surface area contributed by atoms with E-state index in [2.05, 4.69) is 0 Å². The molecule has 2 heteroatoms. The first-order valence-electron chi connectivity index (χ1n) is 6.23. The average Bonchev–Trinajstić information content (AvgIpc) is 2.49. The van der Waals surface area contributed by atoms with Crippen molar-refractivity contribution in [1.82, 2.24) is 0 Å². The zero-order chi connectivity index (χ0) is 13.7. The molecule has 1 aliphatic carbocycles. The van der Waals surface area contributed by atoms with Crippen molar-refractivity contribution in [1.29, 1.82) is 0 Å². The van der Waals surface area contributed by atoms with E-state index in [0.29, 0.717) is 23.1 Å². The van der Waals surface area contributed by atoms with Crippen LogP contribution in [0.1, 0.15) is 40.5 Å². The first-order chi connectivity index (χ1) is 8.45. The van der Waals surface area contributed by atoms with Crippen LogP contribution in [0.25, 0.3) is 0 Å². The molecule has 0 unspecified atom stereocenters. The van der Waals surface area contributed by atoms with Crippen LogP contribution in [-0.4, -0.2) is 0 Å². The van der Waals surface area contributed by atoms with Gasteiger partial charge in [-0.05, 0) is 44.4 Å². The van der Waals surface area contributed by atoms with Gasteiger partial charge in [-0.15, -0.1) is 0 Å². The van der Waals surface area contributed by atoms with Crippen molar-refractivity contribution >= 4 is 0 Å². The van der Waals surface area contributed by atoms with E-state index < -0.39 is 0 Å². The van der Waals surface area contributed by atoms with Gasteiger partial charge in [-0.25, -0.2) is 8.78 Å². The average molecular weight is 250 g/mol. The third kappa shape index (κ3) is 3.80.